The summed E-state index contributed by atoms with van der Waals surface area (Å²) in [5, 5.41) is 9.22. The summed E-state index contributed by atoms with van der Waals surface area (Å²) in [6.07, 6.45) is 0. The molecule has 1 aliphatic heterocycles. The second-order valence-electron chi connectivity index (χ2n) is 3.63. The van der Waals surface area contributed by atoms with Crippen LogP contribution in [0.2, 0.25) is 0 Å². The molecule has 1 unspecified atom stereocenters. The molecular formula is C11H14N2OS. The van der Waals surface area contributed by atoms with Crippen LogP contribution < -0.4 is 0 Å². The molecule has 0 bridgehead atoms. The Balaban J connectivity index is 2.13. The van der Waals surface area contributed by atoms with Crippen molar-refractivity contribution in [2.45, 2.75) is 13.0 Å². The van der Waals surface area contributed by atoms with Crippen molar-refractivity contribution in [1.29, 1.82) is 5.26 Å². The van der Waals surface area contributed by atoms with E-state index in [4.69, 9.17) is 4.74 Å². The summed E-state index contributed by atoms with van der Waals surface area (Å²) < 4.78 is 5.29. The normalized spacial score (nSPS) is 19.7. The van der Waals surface area contributed by atoms with E-state index >= 15 is 0 Å². The van der Waals surface area contributed by atoms with Gasteiger partial charge in [-0.15, -0.1) is 11.3 Å². The quantitative estimate of drug-likeness (QED) is 0.767. The summed E-state index contributed by atoms with van der Waals surface area (Å²) in [5.74, 6) is 0. The first-order valence-corrected chi connectivity index (χ1v) is 5.90. The summed E-state index contributed by atoms with van der Waals surface area (Å²) in [4.78, 5) is 4.60. The van der Waals surface area contributed by atoms with Gasteiger partial charge in [-0.1, -0.05) is 0 Å². The number of nitriles is 1. The second-order valence-corrected chi connectivity index (χ2v) is 4.95. The maximum atomic E-state index is 9.22. The third-order valence-corrected chi connectivity index (χ3v) is 3.62. The predicted octanol–water partition coefficient (Wildman–Crippen LogP) is 1.95. The van der Waals surface area contributed by atoms with Crippen LogP contribution in [0.3, 0.4) is 0 Å². The van der Waals surface area contributed by atoms with Gasteiger partial charge in [0.2, 0.25) is 0 Å². The van der Waals surface area contributed by atoms with Crippen LogP contribution in [0.25, 0.3) is 0 Å². The number of rotatable bonds is 2. The van der Waals surface area contributed by atoms with Crippen LogP contribution in [-0.2, 0) is 4.74 Å². The van der Waals surface area contributed by atoms with E-state index in [0.717, 1.165) is 31.2 Å². The topological polar surface area (TPSA) is 36.3 Å². The Morgan fingerprint density at radius 2 is 2.20 bits per heavy atom. The molecule has 1 aromatic heterocycles. The minimum atomic E-state index is -0.0902. The van der Waals surface area contributed by atoms with Gasteiger partial charge in [-0.25, -0.2) is 0 Å². The zero-order valence-electron chi connectivity index (χ0n) is 8.77. The molecule has 0 radical (unpaired) electrons. The lowest BCUT2D eigenvalue weighted by molar-refractivity contribution is 0.0272. The molecule has 3 nitrogen and oxygen atoms in total. The van der Waals surface area contributed by atoms with Gasteiger partial charge < -0.3 is 4.74 Å². The van der Waals surface area contributed by atoms with Gasteiger partial charge in [0.1, 0.15) is 6.04 Å². The molecule has 1 fully saturated rings. The highest BCUT2D eigenvalue weighted by molar-refractivity contribution is 7.12. The number of nitrogens with zero attached hydrogens (tertiary/aromatic N) is 2. The smallest absolute Gasteiger partial charge is 0.133 e. The molecule has 15 heavy (non-hydrogen) atoms. The second kappa shape index (κ2) is 4.75. The van der Waals surface area contributed by atoms with Gasteiger partial charge >= 0.3 is 0 Å². The largest absolute Gasteiger partial charge is 0.379 e. The highest BCUT2D eigenvalue weighted by atomic mass is 32.1. The summed E-state index contributed by atoms with van der Waals surface area (Å²) in [6.45, 7) is 5.26. The van der Waals surface area contributed by atoms with Gasteiger partial charge in [-0.05, 0) is 19.1 Å². The summed E-state index contributed by atoms with van der Waals surface area (Å²) in [7, 11) is 0. The Morgan fingerprint density at radius 3 is 2.73 bits per heavy atom. The third-order valence-electron chi connectivity index (χ3n) is 2.56. The molecule has 1 saturated heterocycles. The number of morpholine rings is 1. The van der Waals surface area contributed by atoms with E-state index in [1.807, 2.05) is 0 Å². The van der Waals surface area contributed by atoms with Crippen molar-refractivity contribution in [2.24, 2.45) is 0 Å². The van der Waals surface area contributed by atoms with E-state index in [9.17, 15) is 5.26 Å². The predicted molar refractivity (Wildman–Crippen MR) is 59.8 cm³/mol. The minimum Gasteiger partial charge on any atom is -0.379 e. The number of thiophene rings is 1. The van der Waals surface area contributed by atoms with Gasteiger partial charge in [-0.2, -0.15) is 5.26 Å². The van der Waals surface area contributed by atoms with Crippen LogP contribution in [-0.4, -0.2) is 31.2 Å². The Bertz CT molecular complexity index is 363. The molecule has 0 spiro atoms. The molecule has 0 amide bonds. The molecule has 0 aromatic carbocycles. The Labute approximate surface area is 93.9 Å². The highest BCUT2D eigenvalue weighted by Crippen LogP contribution is 2.27. The fraction of sp³-hybridized carbons (Fsp3) is 0.545. The molecule has 1 aromatic rings. The van der Waals surface area contributed by atoms with E-state index in [0.29, 0.717) is 0 Å². The molecule has 1 aliphatic rings. The fourth-order valence-corrected chi connectivity index (χ4v) is 2.72. The molecule has 2 heterocycles. The van der Waals surface area contributed by atoms with Crippen molar-refractivity contribution < 1.29 is 4.74 Å². The molecule has 80 valence electrons. The van der Waals surface area contributed by atoms with Crippen LogP contribution in [0.4, 0.5) is 0 Å². The summed E-state index contributed by atoms with van der Waals surface area (Å²) >= 11 is 1.71. The number of hydrogen-bond donors (Lipinski definition) is 0. The van der Waals surface area contributed by atoms with Gasteiger partial charge in [0.15, 0.2) is 0 Å². The fourth-order valence-electron chi connectivity index (χ4n) is 1.76. The van der Waals surface area contributed by atoms with Crippen LogP contribution in [0, 0.1) is 18.3 Å². The Morgan fingerprint density at radius 1 is 1.47 bits per heavy atom. The van der Waals surface area contributed by atoms with Gasteiger partial charge in [0, 0.05) is 22.8 Å². The molecule has 4 heteroatoms. The van der Waals surface area contributed by atoms with Crippen molar-refractivity contribution in [3.8, 4) is 6.07 Å². The molecule has 0 saturated carbocycles. The number of ether oxygens (including phenoxy) is 1. The first-order chi connectivity index (χ1) is 7.31. The first kappa shape index (κ1) is 10.6. The van der Waals surface area contributed by atoms with Crippen molar-refractivity contribution >= 4 is 11.3 Å². The Kier molecular flexibility index (Phi) is 3.37. The van der Waals surface area contributed by atoms with Crippen LogP contribution in [0.15, 0.2) is 12.1 Å². The zero-order chi connectivity index (χ0) is 10.7. The van der Waals surface area contributed by atoms with E-state index in [2.05, 4.69) is 30.0 Å². The van der Waals surface area contributed by atoms with E-state index in [-0.39, 0.29) is 6.04 Å². The zero-order valence-corrected chi connectivity index (χ0v) is 9.59. The van der Waals surface area contributed by atoms with Gasteiger partial charge in [0.25, 0.3) is 0 Å². The first-order valence-electron chi connectivity index (χ1n) is 5.09. The molecule has 2 rings (SSSR count). The van der Waals surface area contributed by atoms with Crippen molar-refractivity contribution in [3.63, 3.8) is 0 Å². The standard InChI is InChI=1S/C11H14N2OS/c1-9-2-3-11(15-9)10(8-12)13-4-6-14-7-5-13/h2-3,10H,4-7H2,1H3. The van der Waals surface area contributed by atoms with Gasteiger partial charge in [0.05, 0.1) is 19.3 Å². The van der Waals surface area contributed by atoms with Crippen LogP contribution >= 0.6 is 11.3 Å². The maximum absolute atomic E-state index is 9.22. The SMILES string of the molecule is Cc1ccc(C(C#N)N2CCOCC2)s1. The average molecular weight is 222 g/mol. The molecule has 0 aliphatic carbocycles. The van der Waals surface area contributed by atoms with Crippen molar-refractivity contribution in [1.82, 2.24) is 4.90 Å². The van der Waals surface area contributed by atoms with Gasteiger partial charge in [-0.3, -0.25) is 4.90 Å². The molecule has 1 atom stereocenters. The lowest BCUT2D eigenvalue weighted by Gasteiger charge is -2.29. The van der Waals surface area contributed by atoms with E-state index in [1.165, 1.54) is 4.88 Å². The summed E-state index contributed by atoms with van der Waals surface area (Å²) in [5.41, 5.74) is 0. The molecular weight excluding hydrogens is 208 g/mol. The molecule has 0 N–H and O–H groups in total. The average Bonchev–Trinajstić information content (AvgIpc) is 2.68. The lowest BCUT2D eigenvalue weighted by atomic mass is 10.2. The lowest BCUT2D eigenvalue weighted by Crippen LogP contribution is -2.38. The van der Waals surface area contributed by atoms with Crippen LogP contribution in [0.5, 0.6) is 0 Å². The minimum absolute atomic E-state index is 0.0902. The Hall–Kier alpha value is -0.890. The number of hydrogen-bond acceptors (Lipinski definition) is 4. The van der Waals surface area contributed by atoms with Crippen LogP contribution in [0.1, 0.15) is 15.8 Å². The van der Waals surface area contributed by atoms with Crippen molar-refractivity contribution in [3.05, 3.63) is 21.9 Å². The number of aryl methyl sites for hydroxylation is 1. The van der Waals surface area contributed by atoms with E-state index < -0.39 is 0 Å². The third kappa shape index (κ3) is 2.37. The monoisotopic (exact) mass is 222 g/mol. The summed E-state index contributed by atoms with van der Waals surface area (Å²) in [6, 6.07) is 6.43. The van der Waals surface area contributed by atoms with E-state index in [1.54, 1.807) is 11.3 Å². The maximum Gasteiger partial charge on any atom is 0.133 e. The van der Waals surface area contributed by atoms with Crippen molar-refractivity contribution in [2.75, 3.05) is 26.3 Å². The highest BCUT2D eigenvalue weighted by Gasteiger charge is 2.23.